The molecule has 1 saturated carbocycles. The Bertz CT molecular complexity index is 242. The van der Waals surface area contributed by atoms with Crippen LogP contribution in [0.1, 0.15) is 40.0 Å². The molecule has 0 bridgehead atoms. The third kappa shape index (κ3) is 2.49. The minimum absolute atomic E-state index is 0.357. The first-order valence-electron chi connectivity index (χ1n) is 5.75. The van der Waals surface area contributed by atoms with Gasteiger partial charge in [-0.25, -0.2) is 0 Å². The van der Waals surface area contributed by atoms with Gasteiger partial charge in [0, 0.05) is 12.1 Å². The molecule has 1 fully saturated rings. The summed E-state index contributed by atoms with van der Waals surface area (Å²) in [5.41, 5.74) is 10.5. The number of carbonyl (C=O) groups is 1. The summed E-state index contributed by atoms with van der Waals surface area (Å²) in [4.78, 5) is 13.6. The largest absolute Gasteiger partial charge is 0.368 e. The third-order valence-electron chi connectivity index (χ3n) is 3.51. The normalized spacial score (nSPS) is 31.5. The first kappa shape index (κ1) is 12.5. The standard InChI is InChI=1S/C11H23N3O/c1-4-14(8(2)3)9-5-6-11(13,7-9)10(12)15/h8-9H,4-7,13H2,1-3H3,(H2,12,15). The van der Waals surface area contributed by atoms with Crippen molar-refractivity contribution in [1.29, 1.82) is 0 Å². The van der Waals surface area contributed by atoms with E-state index in [9.17, 15) is 4.79 Å². The predicted octanol–water partition coefficient (Wildman–Crippen LogP) is 0.452. The Hall–Kier alpha value is -0.610. The number of hydrogen-bond donors (Lipinski definition) is 2. The van der Waals surface area contributed by atoms with E-state index in [2.05, 4.69) is 25.7 Å². The van der Waals surface area contributed by atoms with E-state index in [0.717, 1.165) is 19.4 Å². The van der Waals surface area contributed by atoms with E-state index in [1.807, 2.05) is 0 Å². The van der Waals surface area contributed by atoms with E-state index in [-0.39, 0.29) is 5.91 Å². The van der Waals surface area contributed by atoms with Crippen LogP contribution in [-0.4, -0.2) is 35.0 Å². The molecule has 0 heterocycles. The van der Waals surface area contributed by atoms with Crippen LogP contribution in [-0.2, 0) is 4.79 Å². The average Bonchev–Trinajstić information content (AvgIpc) is 2.50. The van der Waals surface area contributed by atoms with Gasteiger partial charge >= 0.3 is 0 Å². The first-order valence-corrected chi connectivity index (χ1v) is 5.75. The summed E-state index contributed by atoms with van der Waals surface area (Å²) in [5.74, 6) is -0.357. The van der Waals surface area contributed by atoms with Gasteiger partial charge in [-0.15, -0.1) is 0 Å². The maximum Gasteiger partial charge on any atom is 0.237 e. The van der Waals surface area contributed by atoms with Gasteiger partial charge in [0.15, 0.2) is 0 Å². The van der Waals surface area contributed by atoms with Gasteiger partial charge in [0.2, 0.25) is 5.91 Å². The van der Waals surface area contributed by atoms with E-state index in [4.69, 9.17) is 11.5 Å². The van der Waals surface area contributed by atoms with E-state index in [0.29, 0.717) is 18.5 Å². The molecule has 1 amide bonds. The number of carbonyl (C=O) groups excluding carboxylic acids is 1. The Morgan fingerprint density at radius 1 is 1.60 bits per heavy atom. The highest BCUT2D eigenvalue weighted by molar-refractivity contribution is 5.84. The topological polar surface area (TPSA) is 72.3 Å². The highest BCUT2D eigenvalue weighted by Gasteiger charge is 2.42. The molecule has 0 saturated heterocycles. The van der Waals surface area contributed by atoms with Crippen molar-refractivity contribution in [3.8, 4) is 0 Å². The highest BCUT2D eigenvalue weighted by atomic mass is 16.1. The number of rotatable bonds is 4. The molecule has 4 N–H and O–H groups in total. The van der Waals surface area contributed by atoms with Crippen LogP contribution in [0.15, 0.2) is 0 Å². The van der Waals surface area contributed by atoms with Gasteiger partial charge in [0.25, 0.3) is 0 Å². The van der Waals surface area contributed by atoms with Crippen molar-refractivity contribution in [2.45, 2.75) is 57.7 Å². The Kier molecular flexibility index (Phi) is 3.73. The fourth-order valence-corrected chi connectivity index (χ4v) is 2.60. The van der Waals surface area contributed by atoms with Crippen LogP contribution < -0.4 is 11.5 Å². The smallest absolute Gasteiger partial charge is 0.237 e. The molecular weight excluding hydrogens is 190 g/mol. The molecule has 0 aliphatic heterocycles. The molecule has 0 aromatic carbocycles. The fraction of sp³-hybridized carbons (Fsp3) is 0.909. The highest BCUT2D eigenvalue weighted by Crippen LogP contribution is 2.31. The molecule has 88 valence electrons. The van der Waals surface area contributed by atoms with Crippen molar-refractivity contribution in [3.05, 3.63) is 0 Å². The lowest BCUT2D eigenvalue weighted by Gasteiger charge is -2.32. The zero-order valence-electron chi connectivity index (χ0n) is 9.99. The molecule has 0 aromatic heterocycles. The zero-order valence-corrected chi connectivity index (χ0v) is 9.99. The second kappa shape index (κ2) is 4.49. The molecule has 15 heavy (non-hydrogen) atoms. The summed E-state index contributed by atoms with van der Waals surface area (Å²) in [6.07, 6.45) is 2.40. The number of nitrogens with zero attached hydrogens (tertiary/aromatic N) is 1. The summed E-state index contributed by atoms with van der Waals surface area (Å²) in [5, 5.41) is 0. The van der Waals surface area contributed by atoms with E-state index < -0.39 is 5.54 Å². The molecular formula is C11H23N3O. The van der Waals surface area contributed by atoms with Crippen LogP contribution in [0.25, 0.3) is 0 Å². The van der Waals surface area contributed by atoms with Crippen LogP contribution in [0.5, 0.6) is 0 Å². The predicted molar refractivity (Wildman–Crippen MR) is 61.3 cm³/mol. The van der Waals surface area contributed by atoms with E-state index in [1.54, 1.807) is 0 Å². The molecule has 0 radical (unpaired) electrons. The van der Waals surface area contributed by atoms with E-state index >= 15 is 0 Å². The molecule has 4 heteroatoms. The maximum absolute atomic E-state index is 11.2. The molecule has 2 unspecified atom stereocenters. The molecule has 0 aromatic rings. The quantitative estimate of drug-likeness (QED) is 0.712. The molecule has 4 nitrogen and oxygen atoms in total. The third-order valence-corrected chi connectivity index (χ3v) is 3.51. The van der Waals surface area contributed by atoms with Crippen molar-refractivity contribution in [3.63, 3.8) is 0 Å². The van der Waals surface area contributed by atoms with Gasteiger partial charge in [0.1, 0.15) is 0 Å². The Morgan fingerprint density at radius 3 is 2.53 bits per heavy atom. The SMILES string of the molecule is CCN(C(C)C)C1CCC(N)(C(N)=O)C1. The minimum Gasteiger partial charge on any atom is -0.368 e. The molecule has 1 aliphatic carbocycles. The van der Waals surface area contributed by atoms with Crippen LogP contribution >= 0.6 is 0 Å². The lowest BCUT2D eigenvalue weighted by atomic mass is 9.98. The maximum atomic E-state index is 11.2. The zero-order chi connectivity index (χ0) is 11.6. The van der Waals surface area contributed by atoms with E-state index in [1.165, 1.54) is 0 Å². The Balaban J connectivity index is 2.66. The monoisotopic (exact) mass is 213 g/mol. The number of hydrogen-bond acceptors (Lipinski definition) is 3. The van der Waals surface area contributed by atoms with Crippen molar-refractivity contribution in [1.82, 2.24) is 4.90 Å². The van der Waals surface area contributed by atoms with Gasteiger partial charge < -0.3 is 11.5 Å². The van der Waals surface area contributed by atoms with Crippen LogP contribution in [0, 0.1) is 0 Å². The van der Waals surface area contributed by atoms with Crippen molar-refractivity contribution >= 4 is 5.91 Å². The van der Waals surface area contributed by atoms with Gasteiger partial charge in [-0.05, 0) is 39.7 Å². The molecule has 0 spiro atoms. The van der Waals surface area contributed by atoms with Gasteiger partial charge in [-0.1, -0.05) is 6.92 Å². The number of primary amides is 1. The van der Waals surface area contributed by atoms with Crippen LogP contribution in [0.4, 0.5) is 0 Å². The van der Waals surface area contributed by atoms with Crippen LogP contribution in [0.2, 0.25) is 0 Å². The number of nitrogens with two attached hydrogens (primary N) is 2. The van der Waals surface area contributed by atoms with Crippen molar-refractivity contribution < 1.29 is 4.79 Å². The summed E-state index contributed by atoms with van der Waals surface area (Å²) < 4.78 is 0. The summed E-state index contributed by atoms with van der Waals surface area (Å²) in [7, 11) is 0. The molecule has 2 atom stereocenters. The molecule has 1 rings (SSSR count). The van der Waals surface area contributed by atoms with Gasteiger partial charge in [-0.2, -0.15) is 0 Å². The Morgan fingerprint density at radius 2 is 2.20 bits per heavy atom. The second-order valence-electron chi connectivity index (χ2n) is 4.84. The van der Waals surface area contributed by atoms with Crippen LogP contribution in [0.3, 0.4) is 0 Å². The first-order chi connectivity index (χ1) is 6.90. The molecule has 1 aliphatic rings. The lowest BCUT2D eigenvalue weighted by molar-refractivity contribution is -0.123. The second-order valence-corrected chi connectivity index (χ2v) is 4.84. The van der Waals surface area contributed by atoms with Gasteiger partial charge in [0.05, 0.1) is 5.54 Å². The van der Waals surface area contributed by atoms with Crippen molar-refractivity contribution in [2.75, 3.05) is 6.54 Å². The Labute approximate surface area is 92.0 Å². The van der Waals surface area contributed by atoms with Gasteiger partial charge in [-0.3, -0.25) is 9.69 Å². The summed E-state index contributed by atoms with van der Waals surface area (Å²) in [6.45, 7) is 7.48. The van der Waals surface area contributed by atoms with Crippen molar-refractivity contribution in [2.24, 2.45) is 11.5 Å². The summed E-state index contributed by atoms with van der Waals surface area (Å²) >= 11 is 0. The lowest BCUT2D eigenvalue weighted by Crippen LogP contribution is -2.51. The average molecular weight is 213 g/mol. The fourth-order valence-electron chi connectivity index (χ4n) is 2.60. The summed E-state index contributed by atoms with van der Waals surface area (Å²) in [6, 6.07) is 0.905. The minimum atomic E-state index is -0.771. The number of amides is 1.